The molecule has 0 amide bonds. The van der Waals surface area contributed by atoms with Crippen LogP contribution in [-0.2, 0) is 0 Å². The number of hydrogen-bond donors (Lipinski definition) is 1. The highest BCUT2D eigenvalue weighted by molar-refractivity contribution is 7.71. The van der Waals surface area contributed by atoms with Gasteiger partial charge in [-0.15, -0.1) is 0 Å². The largest absolute Gasteiger partial charge is 0.296 e. The predicted molar refractivity (Wildman–Crippen MR) is 86.5 cm³/mol. The Labute approximate surface area is 130 Å². The topological polar surface area (TPSA) is 46.5 Å². The molecule has 5 heteroatoms. The van der Waals surface area contributed by atoms with Crippen LogP contribution in [0.1, 0.15) is 51.5 Å². The summed E-state index contributed by atoms with van der Waals surface area (Å²) in [5.41, 5.74) is 0.889. The lowest BCUT2D eigenvalue weighted by atomic mass is 9.83. The maximum Gasteiger partial charge on any atom is 0.195 e. The average molecular weight is 302 g/mol. The highest BCUT2D eigenvalue weighted by atomic mass is 32.1. The minimum Gasteiger partial charge on any atom is -0.296 e. The Hall–Kier alpha value is -1.49. The van der Waals surface area contributed by atoms with Gasteiger partial charge < -0.3 is 0 Å². The predicted octanol–water partition coefficient (Wildman–Crippen LogP) is 4.53. The summed E-state index contributed by atoms with van der Waals surface area (Å²) in [6.45, 7) is 2.28. The summed E-state index contributed by atoms with van der Waals surface area (Å²) in [7, 11) is 0. The molecule has 2 aromatic heterocycles. The number of nitrogens with zero attached hydrogens (tertiary/aromatic N) is 3. The monoisotopic (exact) mass is 302 g/mol. The molecule has 0 unspecified atom stereocenters. The van der Waals surface area contributed by atoms with E-state index >= 15 is 0 Å². The molecular formula is C16H22N4S. The van der Waals surface area contributed by atoms with Crippen molar-refractivity contribution in [1.29, 1.82) is 0 Å². The van der Waals surface area contributed by atoms with Crippen LogP contribution in [0.4, 0.5) is 0 Å². The van der Waals surface area contributed by atoms with Crippen molar-refractivity contribution in [2.24, 2.45) is 5.92 Å². The SMILES string of the molecule is CCCC1CCC(n2c(-c3ccccn3)n[nH]c2=S)CC1. The van der Waals surface area contributed by atoms with Crippen molar-refractivity contribution in [3.8, 4) is 11.5 Å². The molecule has 1 N–H and O–H groups in total. The molecule has 21 heavy (non-hydrogen) atoms. The zero-order valence-electron chi connectivity index (χ0n) is 12.5. The normalized spacial score (nSPS) is 22.3. The van der Waals surface area contributed by atoms with Crippen molar-refractivity contribution in [1.82, 2.24) is 19.7 Å². The van der Waals surface area contributed by atoms with Crippen LogP contribution >= 0.6 is 12.2 Å². The fourth-order valence-electron chi connectivity index (χ4n) is 3.42. The summed E-state index contributed by atoms with van der Waals surface area (Å²) in [6.07, 6.45) is 9.43. The van der Waals surface area contributed by atoms with Gasteiger partial charge in [-0.1, -0.05) is 25.8 Å². The van der Waals surface area contributed by atoms with Crippen molar-refractivity contribution < 1.29 is 0 Å². The number of aromatic amines is 1. The standard InChI is InChI=1S/C16H22N4S/c1-2-5-12-7-9-13(10-8-12)20-15(18-19-16(20)21)14-6-3-4-11-17-14/h3-4,6,11-13H,2,5,7-10H2,1H3,(H,19,21). The fourth-order valence-corrected chi connectivity index (χ4v) is 3.70. The molecule has 2 aromatic rings. The van der Waals surface area contributed by atoms with Crippen LogP contribution in [0.3, 0.4) is 0 Å². The zero-order valence-corrected chi connectivity index (χ0v) is 13.3. The number of pyridine rings is 1. The van der Waals surface area contributed by atoms with Crippen LogP contribution in [0.15, 0.2) is 24.4 Å². The van der Waals surface area contributed by atoms with Crippen LogP contribution in [-0.4, -0.2) is 19.7 Å². The lowest BCUT2D eigenvalue weighted by molar-refractivity contribution is 0.262. The highest BCUT2D eigenvalue weighted by Crippen LogP contribution is 2.36. The molecule has 1 saturated carbocycles. The van der Waals surface area contributed by atoms with E-state index in [-0.39, 0.29) is 0 Å². The molecule has 1 aliphatic carbocycles. The second kappa shape index (κ2) is 6.52. The van der Waals surface area contributed by atoms with E-state index in [0.29, 0.717) is 6.04 Å². The maximum absolute atomic E-state index is 5.45. The lowest BCUT2D eigenvalue weighted by Crippen LogP contribution is -2.19. The van der Waals surface area contributed by atoms with Gasteiger partial charge in [0.1, 0.15) is 5.69 Å². The smallest absolute Gasteiger partial charge is 0.195 e. The van der Waals surface area contributed by atoms with Gasteiger partial charge in [0.25, 0.3) is 0 Å². The number of hydrogen-bond acceptors (Lipinski definition) is 3. The number of H-pyrrole nitrogens is 1. The second-order valence-corrected chi connectivity index (χ2v) is 6.29. The molecule has 2 heterocycles. The van der Waals surface area contributed by atoms with E-state index < -0.39 is 0 Å². The first-order valence-electron chi connectivity index (χ1n) is 7.88. The van der Waals surface area contributed by atoms with Crippen LogP contribution in [0.2, 0.25) is 0 Å². The number of aromatic nitrogens is 4. The minimum absolute atomic E-state index is 0.460. The summed E-state index contributed by atoms with van der Waals surface area (Å²) in [6, 6.07) is 6.36. The molecule has 1 fully saturated rings. The fraction of sp³-hybridized carbons (Fsp3) is 0.562. The van der Waals surface area contributed by atoms with E-state index in [9.17, 15) is 0 Å². The summed E-state index contributed by atoms with van der Waals surface area (Å²) in [4.78, 5) is 4.41. The van der Waals surface area contributed by atoms with Gasteiger partial charge in [0.2, 0.25) is 0 Å². The molecule has 0 saturated heterocycles. The van der Waals surface area contributed by atoms with Crippen molar-refractivity contribution in [3.05, 3.63) is 29.2 Å². The first-order valence-corrected chi connectivity index (χ1v) is 8.28. The zero-order chi connectivity index (χ0) is 14.7. The molecule has 0 aliphatic heterocycles. The van der Waals surface area contributed by atoms with Crippen LogP contribution < -0.4 is 0 Å². The average Bonchev–Trinajstić information content (AvgIpc) is 2.91. The van der Waals surface area contributed by atoms with E-state index in [0.717, 1.165) is 22.2 Å². The second-order valence-electron chi connectivity index (χ2n) is 5.90. The van der Waals surface area contributed by atoms with Gasteiger partial charge in [-0.25, -0.2) is 0 Å². The van der Waals surface area contributed by atoms with Gasteiger partial charge in [-0.3, -0.25) is 14.6 Å². The van der Waals surface area contributed by atoms with Gasteiger partial charge in [-0.05, 0) is 56.0 Å². The minimum atomic E-state index is 0.460. The van der Waals surface area contributed by atoms with Crippen LogP contribution in [0, 0.1) is 10.7 Å². The Bertz CT molecular complexity index is 623. The van der Waals surface area contributed by atoms with Gasteiger partial charge in [0, 0.05) is 12.2 Å². The van der Waals surface area contributed by atoms with E-state index in [4.69, 9.17) is 12.2 Å². The van der Waals surface area contributed by atoms with Crippen molar-refractivity contribution in [2.75, 3.05) is 0 Å². The van der Waals surface area contributed by atoms with Gasteiger partial charge in [0.15, 0.2) is 10.6 Å². The Kier molecular flexibility index (Phi) is 4.48. The maximum atomic E-state index is 5.45. The molecule has 0 atom stereocenters. The number of rotatable bonds is 4. The van der Waals surface area contributed by atoms with Gasteiger partial charge in [-0.2, -0.15) is 5.10 Å². The molecule has 4 nitrogen and oxygen atoms in total. The van der Waals surface area contributed by atoms with Crippen molar-refractivity contribution >= 4 is 12.2 Å². The molecular weight excluding hydrogens is 280 g/mol. The number of nitrogens with one attached hydrogen (secondary N) is 1. The summed E-state index contributed by atoms with van der Waals surface area (Å²) < 4.78 is 2.90. The summed E-state index contributed by atoms with van der Waals surface area (Å²) in [5, 5.41) is 7.34. The molecule has 0 radical (unpaired) electrons. The Morgan fingerprint density at radius 2 is 2.10 bits per heavy atom. The lowest BCUT2D eigenvalue weighted by Gasteiger charge is -2.29. The van der Waals surface area contributed by atoms with Crippen molar-refractivity contribution in [3.63, 3.8) is 0 Å². The molecule has 0 aromatic carbocycles. The summed E-state index contributed by atoms with van der Waals surface area (Å²) in [5.74, 6) is 1.77. The molecule has 0 bridgehead atoms. The van der Waals surface area contributed by atoms with Crippen molar-refractivity contribution in [2.45, 2.75) is 51.5 Å². The van der Waals surface area contributed by atoms with Crippen LogP contribution in [0.5, 0.6) is 0 Å². The Morgan fingerprint density at radius 1 is 1.29 bits per heavy atom. The third-order valence-electron chi connectivity index (χ3n) is 4.48. The summed E-state index contributed by atoms with van der Waals surface area (Å²) >= 11 is 5.45. The van der Waals surface area contributed by atoms with E-state index in [1.807, 2.05) is 18.2 Å². The molecule has 3 rings (SSSR count). The third-order valence-corrected chi connectivity index (χ3v) is 4.76. The molecule has 1 aliphatic rings. The quantitative estimate of drug-likeness (QED) is 0.844. The van der Waals surface area contributed by atoms with Crippen LogP contribution in [0.25, 0.3) is 11.5 Å². The van der Waals surface area contributed by atoms with Gasteiger partial charge >= 0.3 is 0 Å². The molecule has 0 spiro atoms. The first kappa shape index (κ1) is 14.4. The Balaban J connectivity index is 1.84. The first-order chi connectivity index (χ1) is 10.3. The molecule has 112 valence electrons. The van der Waals surface area contributed by atoms with E-state index in [2.05, 4.69) is 26.7 Å². The van der Waals surface area contributed by atoms with E-state index in [1.54, 1.807) is 6.20 Å². The van der Waals surface area contributed by atoms with E-state index in [1.165, 1.54) is 38.5 Å². The highest BCUT2D eigenvalue weighted by Gasteiger charge is 2.25. The third kappa shape index (κ3) is 3.07. The Morgan fingerprint density at radius 3 is 2.76 bits per heavy atom. The van der Waals surface area contributed by atoms with Gasteiger partial charge in [0.05, 0.1) is 0 Å².